The molecule has 1 heterocycles. The minimum Gasteiger partial charge on any atom is -0.423 e. The maximum absolute atomic E-state index is 5.73. The first-order chi connectivity index (χ1) is 5.25. The van der Waals surface area contributed by atoms with Gasteiger partial charge in [0.2, 0.25) is 0 Å². The van der Waals surface area contributed by atoms with Crippen LogP contribution in [0.3, 0.4) is 0 Å². The van der Waals surface area contributed by atoms with Crippen LogP contribution in [0, 0.1) is 0 Å². The van der Waals surface area contributed by atoms with E-state index in [0.29, 0.717) is 0 Å². The average Bonchev–Trinajstić information content (AvgIpc) is 2.06. The molecular weight excluding hydrogens is 168 g/mol. The van der Waals surface area contributed by atoms with Gasteiger partial charge in [0.1, 0.15) is 7.59 Å². The molecule has 62 valence electrons. The third kappa shape index (κ3) is 1.55. The molecule has 0 aromatic rings. The van der Waals surface area contributed by atoms with Gasteiger partial charge in [-0.3, -0.25) is 0 Å². The van der Waals surface area contributed by atoms with E-state index in [2.05, 4.69) is 31.1 Å². The van der Waals surface area contributed by atoms with Crippen LogP contribution in [0.4, 0.5) is 0 Å². The van der Waals surface area contributed by atoms with Gasteiger partial charge in [-0.25, -0.2) is 0 Å². The highest BCUT2D eigenvalue weighted by Gasteiger charge is 2.37. The monoisotopic (exact) mass is 184 g/mol. The van der Waals surface area contributed by atoms with E-state index in [4.69, 9.17) is 4.43 Å². The molecule has 0 amide bonds. The summed E-state index contributed by atoms with van der Waals surface area (Å²) in [5.74, 6) is 0. The summed E-state index contributed by atoms with van der Waals surface area (Å²) < 4.78 is 5.73. The fourth-order valence-corrected chi connectivity index (χ4v) is 9.96. The quantitative estimate of drug-likeness (QED) is 0.594. The third-order valence-corrected chi connectivity index (χ3v) is 14.9. The molecule has 0 aromatic heterocycles. The maximum atomic E-state index is 5.73. The summed E-state index contributed by atoms with van der Waals surface area (Å²) in [6.07, 6.45) is 1.21. The molecule has 3 heteroatoms. The largest absolute Gasteiger partial charge is 0.423 e. The molecule has 0 aromatic carbocycles. The van der Waals surface area contributed by atoms with Gasteiger partial charge in [0.25, 0.3) is 0 Å². The Morgan fingerprint density at radius 1 is 1.45 bits per heavy atom. The molecule has 1 fully saturated rings. The minimum atomic E-state index is -1.29. The molecule has 0 saturated carbocycles. The van der Waals surface area contributed by atoms with Crippen molar-refractivity contribution in [1.82, 2.24) is 0 Å². The van der Waals surface area contributed by atoms with E-state index in [1.807, 2.05) is 0 Å². The first-order valence-corrected chi connectivity index (χ1v) is 9.94. The smallest absolute Gasteiger partial charge is 0.171 e. The van der Waals surface area contributed by atoms with Crippen LogP contribution in [0.15, 0.2) is 24.6 Å². The Morgan fingerprint density at radius 2 is 2.09 bits per heavy atom. The van der Waals surface area contributed by atoms with Gasteiger partial charge in [0.05, 0.1) is 0 Å². The molecule has 0 aliphatic carbocycles. The maximum Gasteiger partial charge on any atom is 0.171 e. The van der Waals surface area contributed by atoms with Crippen LogP contribution >= 0.6 is 0 Å². The standard InChI is InChI=1S/C8H16OSi2/c1-4-11(5-2)8-6-7-9-10(11)3/h4-5,10H,1-2,6-8H2,3H3. The van der Waals surface area contributed by atoms with Crippen molar-refractivity contribution in [3.8, 4) is 0 Å². The van der Waals surface area contributed by atoms with Crippen LogP contribution in [0.2, 0.25) is 12.6 Å². The van der Waals surface area contributed by atoms with Crippen LogP contribution in [-0.2, 0) is 4.43 Å². The van der Waals surface area contributed by atoms with Crippen LogP contribution in [0.5, 0.6) is 0 Å². The molecule has 11 heavy (non-hydrogen) atoms. The number of hydrogen-bond donors (Lipinski definition) is 0. The molecular formula is C8H16OSi2. The van der Waals surface area contributed by atoms with E-state index in [1.54, 1.807) is 0 Å². The summed E-state index contributed by atoms with van der Waals surface area (Å²) in [7, 11) is -2.23. The highest BCUT2D eigenvalue weighted by molar-refractivity contribution is 7.35. The van der Waals surface area contributed by atoms with Gasteiger partial charge in [0.15, 0.2) is 8.56 Å². The molecule has 0 spiro atoms. The summed E-state index contributed by atoms with van der Waals surface area (Å²) in [4.78, 5) is 0. The predicted molar refractivity (Wildman–Crippen MR) is 54.5 cm³/mol. The lowest BCUT2D eigenvalue weighted by atomic mass is 10.5. The first-order valence-electron chi connectivity index (χ1n) is 4.14. The van der Waals surface area contributed by atoms with Crippen molar-refractivity contribution in [2.75, 3.05) is 6.61 Å². The van der Waals surface area contributed by atoms with E-state index in [9.17, 15) is 0 Å². The van der Waals surface area contributed by atoms with Crippen LogP contribution in [0.1, 0.15) is 6.42 Å². The number of hydrogen-bond acceptors (Lipinski definition) is 1. The Morgan fingerprint density at radius 3 is 2.45 bits per heavy atom. The van der Waals surface area contributed by atoms with Crippen molar-refractivity contribution in [3.05, 3.63) is 24.6 Å². The molecule has 0 N–H and O–H groups in total. The van der Waals surface area contributed by atoms with Crippen molar-refractivity contribution < 1.29 is 4.43 Å². The normalized spacial score (nSPS) is 29.4. The Bertz CT molecular complexity index is 159. The summed E-state index contributed by atoms with van der Waals surface area (Å²) >= 11 is 0. The van der Waals surface area contributed by atoms with Crippen molar-refractivity contribution in [3.63, 3.8) is 0 Å². The molecule has 1 aliphatic heterocycles. The second kappa shape index (κ2) is 3.51. The van der Waals surface area contributed by atoms with Crippen molar-refractivity contribution in [1.29, 1.82) is 0 Å². The van der Waals surface area contributed by atoms with E-state index in [0.717, 1.165) is 6.61 Å². The highest BCUT2D eigenvalue weighted by atomic mass is 29.2. The topological polar surface area (TPSA) is 9.23 Å². The molecule has 1 aliphatic rings. The van der Waals surface area contributed by atoms with Gasteiger partial charge < -0.3 is 4.43 Å². The zero-order valence-corrected chi connectivity index (χ0v) is 9.33. The fourth-order valence-electron chi connectivity index (χ4n) is 1.62. The van der Waals surface area contributed by atoms with Crippen molar-refractivity contribution in [2.24, 2.45) is 0 Å². The SMILES string of the molecule is C=C[Si]1(C=C)CCCO[SiH]1C. The van der Waals surface area contributed by atoms with Gasteiger partial charge >= 0.3 is 0 Å². The van der Waals surface area contributed by atoms with Gasteiger partial charge in [-0.15, -0.1) is 13.2 Å². The lowest BCUT2D eigenvalue weighted by Gasteiger charge is -2.34. The van der Waals surface area contributed by atoms with E-state index in [-0.39, 0.29) is 0 Å². The summed E-state index contributed by atoms with van der Waals surface area (Å²) in [6.45, 7) is 11.1. The molecule has 0 radical (unpaired) electrons. The van der Waals surface area contributed by atoms with E-state index < -0.39 is 16.1 Å². The molecule has 1 atom stereocenters. The van der Waals surface area contributed by atoms with Gasteiger partial charge in [0, 0.05) is 6.61 Å². The minimum absolute atomic E-state index is 0.943. The summed E-state index contributed by atoms with van der Waals surface area (Å²) in [5, 5.41) is 0. The molecule has 0 bridgehead atoms. The third-order valence-electron chi connectivity index (χ3n) is 2.64. The molecule has 1 rings (SSSR count). The first kappa shape index (κ1) is 8.97. The highest BCUT2D eigenvalue weighted by Crippen LogP contribution is 2.23. The zero-order chi connectivity index (χ0) is 8.32. The Balaban J connectivity index is 2.77. The molecule has 1 unspecified atom stereocenters. The van der Waals surface area contributed by atoms with Crippen LogP contribution in [0.25, 0.3) is 0 Å². The summed E-state index contributed by atoms with van der Waals surface area (Å²) in [5.41, 5.74) is 4.33. The van der Waals surface area contributed by atoms with Crippen LogP contribution in [-0.4, -0.2) is 22.8 Å². The Labute approximate surface area is 71.3 Å². The number of rotatable bonds is 2. The van der Waals surface area contributed by atoms with Gasteiger partial charge in [-0.1, -0.05) is 17.9 Å². The van der Waals surface area contributed by atoms with Crippen molar-refractivity contribution in [2.45, 2.75) is 19.0 Å². The Hall–Kier alpha value is -0.126. The zero-order valence-electron chi connectivity index (χ0n) is 7.18. The van der Waals surface area contributed by atoms with Crippen molar-refractivity contribution >= 4 is 16.1 Å². The molecule has 1 saturated heterocycles. The fraction of sp³-hybridized carbons (Fsp3) is 0.500. The summed E-state index contributed by atoms with van der Waals surface area (Å²) in [6, 6.07) is 1.33. The Kier molecular flexibility index (Phi) is 2.86. The van der Waals surface area contributed by atoms with E-state index in [1.165, 1.54) is 12.5 Å². The molecule has 1 nitrogen and oxygen atoms in total. The second-order valence-corrected chi connectivity index (χ2v) is 14.0. The predicted octanol–water partition coefficient (Wildman–Crippen LogP) is 1.74. The van der Waals surface area contributed by atoms with Gasteiger partial charge in [-0.2, -0.15) is 0 Å². The van der Waals surface area contributed by atoms with Gasteiger partial charge in [-0.05, 0) is 12.5 Å². The lowest BCUT2D eigenvalue weighted by molar-refractivity contribution is 0.322. The second-order valence-electron chi connectivity index (χ2n) is 3.14. The van der Waals surface area contributed by atoms with Crippen LogP contribution < -0.4 is 0 Å². The average molecular weight is 184 g/mol. The lowest BCUT2D eigenvalue weighted by Crippen LogP contribution is -2.51. The van der Waals surface area contributed by atoms with E-state index >= 15 is 0 Å².